The van der Waals surface area contributed by atoms with Crippen molar-refractivity contribution in [1.82, 2.24) is 5.43 Å². The van der Waals surface area contributed by atoms with E-state index in [-0.39, 0.29) is 30.4 Å². The number of nitrogens with zero attached hydrogens (tertiary/aromatic N) is 1. The zero-order chi connectivity index (χ0) is 18.9. The van der Waals surface area contributed by atoms with Gasteiger partial charge in [0, 0.05) is 12.8 Å². The second-order valence-electron chi connectivity index (χ2n) is 5.25. The Morgan fingerprint density at radius 2 is 1.92 bits per heavy atom. The molecule has 0 saturated carbocycles. The number of hydrogen-bond acceptors (Lipinski definition) is 5. The Morgan fingerprint density at radius 1 is 1.19 bits per heavy atom. The van der Waals surface area contributed by atoms with Crippen molar-refractivity contribution in [2.75, 3.05) is 12.4 Å². The summed E-state index contributed by atoms with van der Waals surface area (Å²) in [4.78, 5) is 23.7. The van der Waals surface area contributed by atoms with E-state index in [2.05, 4.69) is 31.8 Å². The molecule has 136 valence electrons. The van der Waals surface area contributed by atoms with Gasteiger partial charge in [-0.2, -0.15) is 5.10 Å². The number of carbonyl (C=O) groups excluding carboxylic acids is 2. The standard InChI is InChI=1S/C18H18BrN3O4/c1-26-16-5-3-2-4-14(16)21-17(24)8-9-18(25)22-20-11-12-6-7-15(23)13(19)10-12/h2-7,10-11,23H,8-9H2,1H3,(H,21,24)(H,22,25)/b20-11+. The maximum atomic E-state index is 11.9. The molecule has 0 aromatic heterocycles. The van der Waals surface area contributed by atoms with E-state index in [1.54, 1.807) is 36.4 Å². The highest BCUT2D eigenvalue weighted by atomic mass is 79.9. The molecule has 2 amide bonds. The number of phenolic OH excluding ortho intramolecular Hbond substituents is 1. The van der Waals surface area contributed by atoms with Gasteiger partial charge in [-0.3, -0.25) is 9.59 Å². The topological polar surface area (TPSA) is 100 Å². The number of para-hydroxylation sites is 2. The summed E-state index contributed by atoms with van der Waals surface area (Å²) in [6.07, 6.45) is 1.46. The minimum atomic E-state index is -0.380. The van der Waals surface area contributed by atoms with E-state index in [1.165, 1.54) is 19.4 Å². The van der Waals surface area contributed by atoms with Gasteiger partial charge in [0.1, 0.15) is 11.5 Å². The Kier molecular flexibility index (Phi) is 7.16. The lowest BCUT2D eigenvalue weighted by atomic mass is 10.2. The van der Waals surface area contributed by atoms with Crippen LogP contribution in [-0.4, -0.2) is 30.2 Å². The molecule has 0 fully saturated rings. The molecule has 0 aliphatic heterocycles. The van der Waals surface area contributed by atoms with Crippen molar-refractivity contribution in [3.8, 4) is 11.5 Å². The van der Waals surface area contributed by atoms with Gasteiger partial charge in [0.05, 0.1) is 23.5 Å². The number of methoxy groups -OCH3 is 1. The van der Waals surface area contributed by atoms with Gasteiger partial charge in [0.15, 0.2) is 0 Å². The van der Waals surface area contributed by atoms with Gasteiger partial charge in [0.25, 0.3) is 0 Å². The van der Waals surface area contributed by atoms with Gasteiger partial charge < -0.3 is 15.2 Å². The van der Waals surface area contributed by atoms with Crippen molar-refractivity contribution in [3.05, 3.63) is 52.5 Å². The van der Waals surface area contributed by atoms with Gasteiger partial charge in [0.2, 0.25) is 11.8 Å². The second-order valence-corrected chi connectivity index (χ2v) is 6.11. The van der Waals surface area contributed by atoms with E-state index < -0.39 is 0 Å². The van der Waals surface area contributed by atoms with Gasteiger partial charge in [-0.1, -0.05) is 12.1 Å². The number of rotatable bonds is 7. The molecule has 0 unspecified atom stereocenters. The average molecular weight is 420 g/mol. The fourth-order valence-electron chi connectivity index (χ4n) is 2.03. The fraction of sp³-hybridized carbons (Fsp3) is 0.167. The Bertz CT molecular complexity index is 824. The van der Waals surface area contributed by atoms with Gasteiger partial charge in [-0.25, -0.2) is 5.43 Å². The number of ether oxygens (including phenoxy) is 1. The molecule has 0 atom stereocenters. The monoisotopic (exact) mass is 419 g/mol. The largest absolute Gasteiger partial charge is 0.507 e. The molecule has 2 aromatic carbocycles. The summed E-state index contributed by atoms with van der Waals surface area (Å²) in [5.41, 5.74) is 3.61. The molecule has 2 aromatic rings. The highest BCUT2D eigenvalue weighted by Gasteiger charge is 2.09. The van der Waals surface area contributed by atoms with Crippen LogP contribution in [0.4, 0.5) is 5.69 Å². The Hall–Kier alpha value is -2.87. The zero-order valence-corrected chi connectivity index (χ0v) is 15.6. The minimum Gasteiger partial charge on any atom is -0.507 e. The van der Waals surface area contributed by atoms with E-state index in [4.69, 9.17) is 4.74 Å². The lowest BCUT2D eigenvalue weighted by molar-refractivity contribution is -0.124. The number of hydrogen-bond donors (Lipinski definition) is 3. The molecule has 0 radical (unpaired) electrons. The summed E-state index contributed by atoms with van der Waals surface area (Å²) in [5, 5.41) is 15.9. The van der Waals surface area contributed by atoms with Crippen LogP contribution in [0.1, 0.15) is 18.4 Å². The number of carbonyl (C=O) groups is 2. The summed E-state index contributed by atoms with van der Waals surface area (Å²) in [7, 11) is 1.52. The molecular weight excluding hydrogens is 402 g/mol. The van der Waals surface area contributed by atoms with Crippen LogP contribution in [0.3, 0.4) is 0 Å². The van der Waals surface area contributed by atoms with Crippen molar-refractivity contribution in [3.63, 3.8) is 0 Å². The number of amides is 2. The zero-order valence-electron chi connectivity index (χ0n) is 14.0. The van der Waals surface area contributed by atoms with Crippen LogP contribution < -0.4 is 15.5 Å². The smallest absolute Gasteiger partial charge is 0.240 e. The van der Waals surface area contributed by atoms with Crippen LogP contribution in [0.2, 0.25) is 0 Å². The third-order valence-corrected chi connectivity index (χ3v) is 3.97. The third kappa shape index (κ3) is 5.89. The first kappa shape index (κ1) is 19.5. The van der Waals surface area contributed by atoms with Crippen LogP contribution in [0.5, 0.6) is 11.5 Å². The summed E-state index contributed by atoms with van der Waals surface area (Å²) in [6, 6.07) is 11.8. The molecule has 26 heavy (non-hydrogen) atoms. The van der Waals surface area contributed by atoms with E-state index in [0.717, 1.165) is 0 Å². The second kappa shape index (κ2) is 9.57. The van der Waals surface area contributed by atoms with Crippen LogP contribution in [0, 0.1) is 0 Å². The maximum absolute atomic E-state index is 11.9. The Morgan fingerprint density at radius 3 is 2.65 bits per heavy atom. The molecule has 0 aliphatic carbocycles. The van der Waals surface area contributed by atoms with Crippen LogP contribution in [0.25, 0.3) is 0 Å². The number of benzene rings is 2. The fourth-order valence-corrected chi connectivity index (χ4v) is 2.42. The number of anilines is 1. The number of hydrazone groups is 1. The highest BCUT2D eigenvalue weighted by molar-refractivity contribution is 9.10. The van der Waals surface area contributed by atoms with E-state index in [9.17, 15) is 14.7 Å². The molecule has 0 heterocycles. The van der Waals surface area contributed by atoms with Gasteiger partial charge in [-0.15, -0.1) is 0 Å². The lowest BCUT2D eigenvalue weighted by Crippen LogP contribution is -2.20. The normalized spacial score (nSPS) is 10.5. The predicted molar refractivity (Wildman–Crippen MR) is 102 cm³/mol. The molecule has 3 N–H and O–H groups in total. The maximum Gasteiger partial charge on any atom is 0.240 e. The molecule has 0 spiro atoms. The molecule has 8 heteroatoms. The number of halogens is 1. The third-order valence-electron chi connectivity index (χ3n) is 3.33. The summed E-state index contributed by atoms with van der Waals surface area (Å²) in [5.74, 6) is -0.00688. The molecule has 7 nitrogen and oxygen atoms in total. The Labute approximate surface area is 159 Å². The van der Waals surface area contributed by atoms with Crippen molar-refractivity contribution < 1.29 is 19.4 Å². The average Bonchev–Trinajstić information content (AvgIpc) is 2.63. The number of nitrogens with one attached hydrogen (secondary N) is 2. The van der Waals surface area contributed by atoms with Crippen LogP contribution in [0.15, 0.2) is 52.0 Å². The number of phenols is 1. The van der Waals surface area contributed by atoms with Gasteiger partial charge in [-0.05, 0) is 51.8 Å². The first-order valence-electron chi connectivity index (χ1n) is 7.73. The minimum absolute atomic E-state index is 0.00239. The lowest BCUT2D eigenvalue weighted by Gasteiger charge is -2.09. The van der Waals surface area contributed by atoms with Crippen LogP contribution in [-0.2, 0) is 9.59 Å². The quantitative estimate of drug-likeness (QED) is 0.474. The SMILES string of the molecule is COc1ccccc1NC(=O)CCC(=O)N/N=C/c1ccc(O)c(Br)c1. The van der Waals surface area contributed by atoms with Crippen molar-refractivity contribution in [2.24, 2.45) is 5.10 Å². The molecule has 0 aliphatic rings. The van der Waals surface area contributed by atoms with Crippen LogP contribution >= 0.6 is 15.9 Å². The van der Waals surface area contributed by atoms with Crippen molar-refractivity contribution in [2.45, 2.75) is 12.8 Å². The Balaban J connectivity index is 1.78. The summed E-state index contributed by atoms with van der Waals surface area (Å²) >= 11 is 3.19. The molecular formula is C18H18BrN3O4. The van der Waals surface area contributed by atoms with E-state index in [1.807, 2.05) is 0 Å². The highest BCUT2D eigenvalue weighted by Crippen LogP contribution is 2.24. The van der Waals surface area contributed by atoms with Crippen molar-refractivity contribution in [1.29, 1.82) is 0 Å². The molecule has 2 rings (SSSR count). The first-order chi connectivity index (χ1) is 12.5. The summed E-state index contributed by atoms with van der Waals surface area (Å²) < 4.78 is 5.68. The van der Waals surface area contributed by atoms with Crippen molar-refractivity contribution >= 4 is 39.6 Å². The first-order valence-corrected chi connectivity index (χ1v) is 8.52. The van der Waals surface area contributed by atoms with E-state index in [0.29, 0.717) is 21.5 Å². The predicted octanol–water partition coefficient (Wildman–Crippen LogP) is 3.03. The molecule has 0 bridgehead atoms. The number of aromatic hydroxyl groups is 1. The van der Waals surface area contributed by atoms with E-state index >= 15 is 0 Å². The summed E-state index contributed by atoms with van der Waals surface area (Å²) in [6.45, 7) is 0. The molecule has 0 saturated heterocycles. The van der Waals surface area contributed by atoms with Gasteiger partial charge >= 0.3 is 0 Å².